The lowest BCUT2D eigenvalue weighted by atomic mass is 9.96. The minimum atomic E-state index is 0.897. The highest BCUT2D eigenvalue weighted by Crippen LogP contribution is 2.47. The Morgan fingerprint density at radius 1 is 0.333 bits per heavy atom. The number of fused-ring (bicyclic) bond motifs is 9. The normalized spacial score (nSPS) is 11.7. The number of furan rings is 1. The van der Waals surface area contributed by atoms with Crippen molar-refractivity contribution in [2.45, 2.75) is 0 Å². The molecule has 0 radical (unpaired) electrons. The fourth-order valence-electron chi connectivity index (χ4n) is 8.47. The van der Waals surface area contributed by atoms with Gasteiger partial charge in [0.1, 0.15) is 11.2 Å². The van der Waals surface area contributed by atoms with Gasteiger partial charge in [-0.2, -0.15) is 0 Å². The van der Waals surface area contributed by atoms with Crippen molar-refractivity contribution in [3.8, 4) is 22.3 Å². The van der Waals surface area contributed by atoms with E-state index in [0.717, 1.165) is 49.8 Å². The molecule has 0 aliphatic carbocycles. The topological polar surface area (TPSA) is 16.4 Å². The molecule has 1 heterocycles. The second-order valence-corrected chi connectivity index (χ2v) is 14.1. The number of para-hydroxylation sites is 1. The maximum Gasteiger partial charge on any atom is 0.145 e. The maximum absolute atomic E-state index is 6.70. The van der Waals surface area contributed by atoms with Crippen molar-refractivity contribution in [1.82, 2.24) is 0 Å². The summed E-state index contributed by atoms with van der Waals surface area (Å²) in [4.78, 5) is 2.43. The number of hydrogen-bond donors (Lipinski definition) is 0. The summed E-state index contributed by atoms with van der Waals surface area (Å²) in [6.45, 7) is 0. The minimum Gasteiger partial charge on any atom is -0.455 e. The predicted octanol–water partition coefficient (Wildman–Crippen LogP) is 15.0. The van der Waals surface area contributed by atoms with Crippen molar-refractivity contribution < 1.29 is 4.42 Å². The molecule has 0 unspecified atom stereocenters. The van der Waals surface area contributed by atoms with Gasteiger partial charge in [0.15, 0.2) is 0 Å². The first kappa shape index (κ1) is 30.5. The van der Waals surface area contributed by atoms with E-state index < -0.39 is 0 Å². The Kier molecular flexibility index (Phi) is 6.90. The van der Waals surface area contributed by atoms with Crippen LogP contribution in [0.25, 0.3) is 87.3 Å². The minimum absolute atomic E-state index is 0.897. The Hall–Kier alpha value is -7.16. The monoisotopic (exact) mass is 687 g/mol. The Morgan fingerprint density at radius 3 is 1.74 bits per heavy atom. The highest BCUT2D eigenvalue weighted by Gasteiger charge is 2.22. The molecule has 0 fully saturated rings. The molecule has 10 aromatic carbocycles. The van der Waals surface area contributed by atoms with Gasteiger partial charge in [0.05, 0.1) is 11.4 Å². The van der Waals surface area contributed by atoms with Crippen LogP contribution in [0.2, 0.25) is 0 Å². The average Bonchev–Trinajstić information content (AvgIpc) is 3.63. The molecule has 252 valence electrons. The maximum atomic E-state index is 6.70. The van der Waals surface area contributed by atoms with Gasteiger partial charge in [-0.3, -0.25) is 0 Å². The molecule has 0 spiro atoms. The SMILES string of the molecule is c1ccc2c(-c3ccc(-c4ccc(N(c5cc6ccccc6c6ccccc56)c5cccc6ccc7c8ccccc8oc7c56)cc4)cc3)cccc2c1. The number of benzene rings is 10. The van der Waals surface area contributed by atoms with Crippen LogP contribution in [0.1, 0.15) is 0 Å². The largest absolute Gasteiger partial charge is 0.455 e. The molecule has 2 heteroatoms. The summed E-state index contributed by atoms with van der Waals surface area (Å²) in [7, 11) is 0. The van der Waals surface area contributed by atoms with Crippen LogP contribution in [-0.2, 0) is 0 Å². The summed E-state index contributed by atoms with van der Waals surface area (Å²) in [6.07, 6.45) is 0. The van der Waals surface area contributed by atoms with E-state index in [1.54, 1.807) is 0 Å². The molecular formula is C52H33NO. The van der Waals surface area contributed by atoms with Gasteiger partial charge in [0.25, 0.3) is 0 Å². The molecule has 0 N–H and O–H groups in total. The van der Waals surface area contributed by atoms with Gasteiger partial charge in [-0.15, -0.1) is 0 Å². The van der Waals surface area contributed by atoms with Gasteiger partial charge < -0.3 is 9.32 Å². The Bertz CT molecular complexity index is 3200. The second-order valence-electron chi connectivity index (χ2n) is 14.1. The molecule has 1 aromatic heterocycles. The Labute approximate surface area is 312 Å². The van der Waals surface area contributed by atoms with Crippen LogP contribution in [0, 0.1) is 0 Å². The summed E-state index contributed by atoms with van der Waals surface area (Å²) >= 11 is 0. The van der Waals surface area contributed by atoms with Crippen LogP contribution in [0.3, 0.4) is 0 Å². The number of nitrogens with zero attached hydrogens (tertiary/aromatic N) is 1. The summed E-state index contributed by atoms with van der Waals surface area (Å²) in [5.41, 5.74) is 9.90. The number of hydrogen-bond acceptors (Lipinski definition) is 2. The van der Waals surface area contributed by atoms with E-state index in [0.29, 0.717) is 0 Å². The first-order chi connectivity index (χ1) is 26.8. The third-order valence-electron chi connectivity index (χ3n) is 11.0. The zero-order valence-electron chi connectivity index (χ0n) is 29.4. The first-order valence-corrected chi connectivity index (χ1v) is 18.5. The highest BCUT2D eigenvalue weighted by atomic mass is 16.3. The molecule has 2 nitrogen and oxygen atoms in total. The fraction of sp³-hybridized carbons (Fsp3) is 0. The van der Waals surface area contributed by atoms with Crippen LogP contribution in [-0.4, -0.2) is 0 Å². The lowest BCUT2D eigenvalue weighted by molar-refractivity contribution is 0.672. The van der Waals surface area contributed by atoms with Crippen LogP contribution >= 0.6 is 0 Å². The van der Waals surface area contributed by atoms with Crippen molar-refractivity contribution in [2.75, 3.05) is 4.90 Å². The Morgan fingerprint density at radius 2 is 0.926 bits per heavy atom. The fourth-order valence-corrected chi connectivity index (χ4v) is 8.47. The van der Waals surface area contributed by atoms with Crippen molar-refractivity contribution in [2.24, 2.45) is 0 Å². The van der Waals surface area contributed by atoms with E-state index in [-0.39, 0.29) is 0 Å². The molecule has 0 amide bonds. The molecule has 54 heavy (non-hydrogen) atoms. The van der Waals surface area contributed by atoms with Crippen molar-refractivity contribution in [3.63, 3.8) is 0 Å². The molecule has 0 saturated heterocycles. The molecular weight excluding hydrogens is 655 g/mol. The third kappa shape index (κ3) is 4.81. The van der Waals surface area contributed by atoms with Gasteiger partial charge in [0, 0.05) is 27.2 Å². The summed E-state index contributed by atoms with van der Waals surface area (Å²) in [5.74, 6) is 0. The lowest BCUT2D eigenvalue weighted by Gasteiger charge is -2.29. The molecule has 0 atom stereocenters. The number of anilines is 3. The second kappa shape index (κ2) is 12.2. The smallest absolute Gasteiger partial charge is 0.145 e. The highest BCUT2D eigenvalue weighted by molar-refractivity contribution is 6.21. The van der Waals surface area contributed by atoms with Crippen molar-refractivity contribution in [1.29, 1.82) is 0 Å². The van der Waals surface area contributed by atoms with Gasteiger partial charge in [-0.25, -0.2) is 0 Å². The van der Waals surface area contributed by atoms with Gasteiger partial charge in [0.2, 0.25) is 0 Å². The van der Waals surface area contributed by atoms with E-state index in [1.165, 1.54) is 54.6 Å². The summed E-state index contributed by atoms with van der Waals surface area (Å²) in [6, 6.07) is 72.3. The average molecular weight is 688 g/mol. The van der Waals surface area contributed by atoms with Crippen LogP contribution in [0.5, 0.6) is 0 Å². The van der Waals surface area contributed by atoms with E-state index in [9.17, 15) is 0 Å². The zero-order chi connectivity index (χ0) is 35.6. The zero-order valence-corrected chi connectivity index (χ0v) is 29.4. The lowest BCUT2D eigenvalue weighted by Crippen LogP contribution is -2.11. The molecule has 0 saturated carbocycles. The molecule has 0 aliphatic heterocycles. The van der Waals surface area contributed by atoms with E-state index in [1.807, 2.05) is 6.07 Å². The molecule has 11 aromatic rings. The summed E-state index contributed by atoms with van der Waals surface area (Å²) in [5, 5.41) is 11.9. The van der Waals surface area contributed by atoms with Gasteiger partial charge in [-0.05, 0) is 91.0 Å². The van der Waals surface area contributed by atoms with Crippen LogP contribution < -0.4 is 4.90 Å². The van der Waals surface area contributed by atoms with E-state index in [2.05, 4.69) is 199 Å². The van der Waals surface area contributed by atoms with Gasteiger partial charge >= 0.3 is 0 Å². The Balaban J connectivity index is 1.10. The van der Waals surface area contributed by atoms with E-state index in [4.69, 9.17) is 4.42 Å². The predicted molar refractivity (Wildman–Crippen MR) is 229 cm³/mol. The van der Waals surface area contributed by atoms with Crippen LogP contribution in [0.15, 0.2) is 205 Å². The summed E-state index contributed by atoms with van der Waals surface area (Å²) < 4.78 is 6.70. The molecule has 11 rings (SSSR count). The van der Waals surface area contributed by atoms with Crippen molar-refractivity contribution in [3.05, 3.63) is 200 Å². The first-order valence-electron chi connectivity index (χ1n) is 18.5. The molecule has 0 bridgehead atoms. The standard InChI is InChI=1S/C52H33NO/c1-3-15-41-36(11-1)13-9-20-42(41)37-25-23-34(24-26-37)35-27-30-40(31-28-35)53(49-33-39-12-2-4-16-43(39)44-17-5-6-18-45(44)49)48-21-10-14-38-29-32-47-46-19-7-8-22-50(46)54-52(47)51(38)48/h1-33H. The quantitative estimate of drug-likeness (QED) is 0.168. The van der Waals surface area contributed by atoms with Crippen molar-refractivity contribution >= 4 is 82.1 Å². The van der Waals surface area contributed by atoms with Crippen LogP contribution in [0.4, 0.5) is 17.1 Å². The number of rotatable bonds is 5. The third-order valence-corrected chi connectivity index (χ3v) is 11.0. The molecule has 0 aliphatic rings. The van der Waals surface area contributed by atoms with E-state index >= 15 is 0 Å². The van der Waals surface area contributed by atoms with Gasteiger partial charge in [-0.1, -0.05) is 164 Å².